The number of rotatable bonds is 11. The topological polar surface area (TPSA) is 95.7 Å². The molecule has 0 bridgehead atoms. The Hall–Kier alpha value is -4.23. The lowest BCUT2D eigenvalue weighted by Crippen LogP contribution is -2.55. The van der Waals surface area contributed by atoms with Gasteiger partial charge in [-0.25, -0.2) is 0 Å². The molecule has 1 fully saturated rings. The highest BCUT2D eigenvalue weighted by atomic mass is 16.2. The molecule has 4 rings (SSSR count). The molecule has 45 heavy (non-hydrogen) atoms. The number of hydrogen-bond donors (Lipinski definition) is 2. The summed E-state index contributed by atoms with van der Waals surface area (Å²) in [5.74, 6) is -0.325. The summed E-state index contributed by atoms with van der Waals surface area (Å²) in [6.45, 7) is 6.64. The molecule has 3 aromatic carbocycles. The Morgan fingerprint density at radius 1 is 0.911 bits per heavy atom. The largest absolute Gasteiger partial charge is 0.359 e. The maximum absolute atomic E-state index is 14.3. The quantitative estimate of drug-likeness (QED) is 0.285. The molecule has 1 atom stereocenters. The fourth-order valence-electron chi connectivity index (χ4n) is 6.41. The number of carbonyl (C=O) groups excluding carboxylic acids is 3. The fourth-order valence-corrected chi connectivity index (χ4v) is 6.41. The van der Waals surface area contributed by atoms with Gasteiger partial charge in [-0.3, -0.25) is 14.4 Å². The van der Waals surface area contributed by atoms with Crippen LogP contribution in [-0.2, 0) is 27.2 Å². The summed E-state index contributed by atoms with van der Waals surface area (Å²) in [5.41, 5.74) is 10.3. The summed E-state index contributed by atoms with van der Waals surface area (Å²) in [4.78, 5) is 44.4. The second-order valence-electron chi connectivity index (χ2n) is 13.2. The van der Waals surface area contributed by atoms with Gasteiger partial charge in [0.2, 0.25) is 17.7 Å². The summed E-state index contributed by atoms with van der Waals surface area (Å²) in [5, 5.41) is 2.87. The predicted octanol–water partition coefficient (Wildman–Crippen LogP) is 5.39. The first-order chi connectivity index (χ1) is 21.4. The Labute approximate surface area is 268 Å². The average Bonchev–Trinajstić information content (AvgIpc) is 3.03. The molecule has 3 amide bonds. The van der Waals surface area contributed by atoms with Gasteiger partial charge in [-0.1, -0.05) is 90.5 Å². The zero-order valence-corrected chi connectivity index (χ0v) is 27.4. The van der Waals surface area contributed by atoms with Crippen molar-refractivity contribution >= 4 is 17.7 Å². The minimum Gasteiger partial charge on any atom is -0.359 e. The predicted molar refractivity (Wildman–Crippen MR) is 181 cm³/mol. The van der Waals surface area contributed by atoms with Crippen LogP contribution >= 0.6 is 0 Å². The van der Waals surface area contributed by atoms with Crippen LogP contribution < -0.4 is 11.1 Å². The molecule has 0 aliphatic carbocycles. The van der Waals surface area contributed by atoms with Crippen molar-refractivity contribution in [1.82, 2.24) is 15.1 Å². The van der Waals surface area contributed by atoms with Gasteiger partial charge in [-0.15, -0.1) is 0 Å². The molecule has 1 aliphatic heterocycles. The van der Waals surface area contributed by atoms with Crippen LogP contribution in [0.25, 0.3) is 11.1 Å². The molecule has 7 heteroatoms. The molecular formula is C38H48N4O3. The monoisotopic (exact) mass is 608 g/mol. The molecule has 3 N–H and O–H groups in total. The lowest BCUT2D eigenvalue weighted by Gasteiger charge is -2.42. The average molecular weight is 609 g/mol. The number of likely N-dealkylation sites (N-methyl/N-ethyl adjacent to an activating group) is 1. The van der Waals surface area contributed by atoms with E-state index in [1.165, 1.54) is 0 Å². The first-order valence-corrected chi connectivity index (χ1v) is 15.8. The molecule has 0 aromatic heterocycles. The van der Waals surface area contributed by atoms with Crippen LogP contribution in [0.3, 0.4) is 0 Å². The van der Waals surface area contributed by atoms with Gasteiger partial charge in [0.15, 0.2) is 0 Å². The van der Waals surface area contributed by atoms with Gasteiger partial charge < -0.3 is 20.9 Å². The van der Waals surface area contributed by atoms with Crippen LogP contribution in [0.5, 0.6) is 0 Å². The Kier molecular flexibility index (Phi) is 11.0. The number of benzene rings is 3. The third-order valence-electron chi connectivity index (χ3n) is 8.82. The summed E-state index contributed by atoms with van der Waals surface area (Å²) in [6, 6.07) is 27.7. The molecule has 1 heterocycles. The number of amides is 3. The van der Waals surface area contributed by atoms with Crippen molar-refractivity contribution in [1.29, 1.82) is 0 Å². The Bertz CT molecular complexity index is 1470. The van der Waals surface area contributed by atoms with Gasteiger partial charge in [0.05, 0.1) is 5.41 Å². The van der Waals surface area contributed by atoms with Crippen molar-refractivity contribution in [3.05, 3.63) is 108 Å². The molecule has 0 saturated carbocycles. The first-order valence-electron chi connectivity index (χ1n) is 15.8. The van der Waals surface area contributed by atoms with Gasteiger partial charge in [0.25, 0.3) is 0 Å². The van der Waals surface area contributed by atoms with E-state index in [4.69, 9.17) is 5.73 Å². The van der Waals surface area contributed by atoms with E-state index in [2.05, 4.69) is 29.6 Å². The van der Waals surface area contributed by atoms with Crippen molar-refractivity contribution in [2.75, 3.05) is 27.2 Å². The SMILES string of the molecule is CNC(=O)C1(Cc2ccccc2)CCN(C(=O)[C@@H](Cc2ccc(-c3ccccc3)cc2)N(C)C(=O)/C=C(\C)CC(C)(C)N)CC1. The molecule has 1 saturated heterocycles. The normalized spacial score (nSPS) is 15.7. The molecule has 7 nitrogen and oxygen atoms in total. The molecule has 238 valence electrons. The molecular weight excluding hydrogens is 560 g/mol. The molecule has 0 spiro atoms. The number of likely N-dealkylation sites (tertiary alicyclic amines) is 1. The van der Waals surface area contributed by atoms with Gasteiger partial charge in [-0.2, -0.15) is 0 Å². The smallest absolute Gasteiger partial charge is 0.246 e. The summed E-state index contributed by atoms with van der Waals surface area (Å²) in [6.07, 6.45) is 4.27. The van der Waals surface area contributed by atoms with Crippen LogP contribution in [0.1, 0.15) is 51.2 Å². The Balaban J connectivity index is 1.56. The van der Waals surface area contributed by atoms with E-state index in [0.717, 1.165) is 27.8 Å². The van der Waals surface area contributed by atoms with Crippen molar-refractivity contribution < 1.29 is 14.4 Å². The first kappa shape index (κ1) is 33.7. The molecule has 1 aliphatic rings. The maximum Gasteiger partial charge on any atom is 0.246 e. The standard InChI is InChI=1S/C38H48N4O3/c1-28(26-37(2,3)39)24-34(43)41(5)33(25-29-16-18-32(19-17-29)31-14-10-7-11-15-31)35(44)42-22-20-38(21-23-42,36(45)40-4)27-30-12-8-6-9-13-30/h6-19,24,33H,20-23,25-27,39H2,1-5H3,(H,40,45)/b28-24+/t33-/m1/s1. The number of carbonyl (C=O) groups is 3. The number of nitrogens with one attached hydrogen (secondary N) is 1. The zero-order valence-electron chi connectivity index (χ0n) is 27.4. The van der Waals surface area contributed by atoms with Crippen LogP contribution in [-0.4, -0.2) is 66.3 Å². The summed E-state index contributed by atoms with van der Waals surface area (Å²) >= 11 is 0. The summed E-state index contributed by atoms with van der Waals surface area (Å²) < 4.78 is 0. The third kappa shape index (κ3) is 8.92. The fraction of sp³-hybridized carbons (Fsp3) is 0.395. The van der Waals surface area contributed by atoms with E-state index in [-0.39, 0.29) is 17.7 Å². The Morgan fingerprint density at radius 2 is 1.47 bits per heavy atom. The maximum atomic E-state index is 14.3. The van der Waals surface area contributed by atoms with Crippen LogP contribution in [0.15, 0.2) is 96.6 Å². The lowest BCUT2D eigenvalue weighted by atomic mass is 9.73. The van der Waals surface area contributed by atoms with E-state index in [1.54, 1.807) is 25.1 Å². The van der Waals surface area contributed by atoms with Crippen LogP contribution in [0.4, 0.5) is 0 Å². The van der Waals surface area contributed by atoms with E-state index in [1.807, 2.05) is 86.3 Å². The molecule has 0 radical (unpaired) electrons. The number of nitrogens with zero attached hydrogens (tertiary/aromatic N) is 2. The van der Waals surface area contributed by atoms with Gasteiger partial charge in [-0.05, 0) is 68.7 Å². The lowest BCUT2D eigenvalue weighted by molar-refractivity contribution is -0.146. The minimum absolute atomic E-state index is 0.00393. The summed E-state index contributed by atoms with van der Waals surface area (Å²) in [7, 11) is 3.38. The van der Waals surface area contributed by atoms with Gasteiger partial charge in [0.1, 0.15) is 6.04 Å². The van der Waals surface area contributed by atoms with E-state index in [9.17, 15) is 14.4 Å². The van der Waals surface area contributed by atoms with E-state index < -0.39 is 17.0 Å². The second-order valence-corrected chi connectivity index (χ2v) is 13.2. The van der Waals surface area contributed by atoms with Crippen LogP contribution in [0.2, 0.25) is 0 Å². The highest BCUT2D eigenvalue weighted by Crippen LogP contribution is 2.36. The van der Waals surface area contributed by atoms with Crippen molar-refractivity contribution in [2.45, 2.75) is 64.5 Å². The van der Waals surface area contributed by atoms with E-state index in [0.29, 0.717) is 45.2 Å². The van der Waals surface area contributed by atoms with Crippen LogP contribution in [0, 0.1) is 5.41 Å². The number of nitrogens with two attached hydrogens (primary N) is 1. The molecule has 0 unspecified atom stereocenters. The third-order valence-corrected chi connectivity index (χ3v) is 8.82. The van der Waals surface area contributed by atoms with Gasteiger partial charge in [0, 0.05) is 45.2 Å². The van der Waals surface area contributed by atoms with Crippen molar-refractivity contribution in [3.63, 3.8) is 0 Å². The molecule has 3 aromatic rings. The second kappa shape index (κ2) is 14.7. The van der Waals surface area contributed by atoms with Gasteiger partial charge >= 0.3 is 0 Å². The zero-order chi connectivity index (χ0) is 32.6. The minimum atomic E-state index is -0.698. The number of hydrogen-bond acceptors (Lipinski definition) is 4. The highest BCUT2D eigenvalue weighted by Gasteiger charge is 2.43. The highest BCUT2D eigenvalue weighted by molar-refractivity contribution is 5.93. The Morgan fingerprint density at radius 3 is 2.02 bits per heavy atom. The van der Waals surface area contributed by atoms with E-state index >= 15 is 0 Å². The van der Waals surface area contributed by atoms with Crippen molar-refractivity contribution in [3.8, 4) is 11.1 Å². The van der Waals surface area contributed by atoms with Crippen molar-refractivity contribution in [2.24, 2.45) is 11.1 Å². The number of piperidine rings is 1.